The first-order valence-corrected chi connectivity index (χ1v) is 5.93. The summed E-state index contributed by atoms with van der Waals surface area (Å²) in [5, 5.41) is 0. The topological polar surface area (TPSA) is 44.5 Å². The van der Waals surface area contributed by atoms with Crippen LogP contribution >= 0.6 is 0 Å². The fourth-order valence-corrected chi connectivity index (χ4v) is 2.00. The second kappa shape index (κ2) is 5.83. The number of ether oxygens (including phenoxy) is 2. The van der Waals surface area contributed by atoms with Gasteiger partial charge in [0.1, 0.15) is 0 Å². The molecular weight excluding hydrogens is 190 g/mol. The van der Waals surface area contributed by atoms with E-state index in [1.54, 1.807) is 7.11 Å². The van der Waals surface area contributed by atoms with E-state index in [1.807, 2.05) is 0 Å². The molecule has 1 aliphatic heterocycles. The smallest absolute Gasteiger partial charge is 0.0623 e. The zero-order valence-corrected chi connectivity index (χ0v) is 10.3. The van der Waals surface area contributed by atoms with Gasteiger partial charge in [-0.25, -0.2) is 0 Å². The maximum absolute atomic E-state index is 6.20. The molecule has 1 saturated heterocycles. The van der Waals surface area contributed by atoms with Crippen molar-refractivity contribution < 1.29 is 9.47 Å². The summed E-state index contributed by atoms with van der Waals surface area (Å²) >= 11 is 0. The Hall–Kier alpha value is -0.120. The van der Waals surface area contributed by atoms with Gasteiger partial charge in [0.2, 0.25) is 0 Å². The maximum atomic E-state index is 6.20. The minimum absolute atomic E-state index is 0.0389. The van der Waals surface area contributed by atoms with Crippen LogP contribution in [0.25, 0.3) is 0 Å². The third kappa shape index (κ3) is 4.49. The molecule has 0 aromatic rings. The highest BCUT2D eigenvalue weighted by Gasteiger charge is 2.24. The highest BCUT2D eigenvalue weighted by atomic mass is 16.5. The van der Waals surface area contributed by atoms with Gasteiger partial charge < -0.3 is 15.2 Å². The van der Waals surface area contributed by atoms with Crippen LogP contribution in [0.5, 0.6) is 0 Å². The van der Waals surface area contributed by atoms with Crippen LogP contribution in [0, 0.1) is 5.92 Å². The third-order valence-corrected chi connectivity index (χ3v) is 3.50. The second-order valence-corrected chi connectivity index (χ2v) is 5.12. The van der Waals surface area contributed by atoms with Crippen molar-refractivity contribution in [3.63, 3.8) is 0 Å². The molecular formula is C12H25NO2. The van der Waals surface area contributed by atoms with Crippen LogP contribution in [0.3, 0.4) is 0 Å². The van der Waals surface area contributed by atoms with Gasteiger partial charge in [0.25, 0.3) is 0 Å². The summed E-state index contributed by atoms with van der Waals surface area (Å²) < 4.78 is 10.7. The number of hydrogen-bond acceptors (Lipinski definition) is 3. The van der Waals surface area contributed by atoms with Gasteiger partial charge >= 0.3 is 0 Å². The lowest BCUT2D eigenvalue weighted by Crippen LogP contribution is -2.36. The van der Waals surface area contributed by atoms with Crippen molar-refractivity contribution in [1.29, 1.82) is 0 Å². The first-order chi connectivity index (χ1) is 7.05. The molecule has 0 aliphatic carbocycles. The molecule has 1 fully saturated rings. The summed E-state index contributed by atoms with van der Waals surface area (Å²) in [6, 6.07) is 0.309. The van der Waals surface area contributed by atoms with E-state index in [2.05, 4.69) is 13.8 Å². The summed E-state index contributed by atoms with van der Waals surface area (Å²) in [5.41, 5.74) is 6.16. The Kier molecular flexibility index (Phi) is 5.03. The molecule has 1 rings (SSSR count). The predicted octanol–water partition coefficient (Wildman–Crippen LogP) is 1.95. The molecule has 0 saturated carbocycles. The number of rotatable bonds is 5. The Labute approximate surface area is 93.3 Å². The van der Waals surface area contributed by atoms with Crippen LogP contribution in [0.1, 0.15) is 39.5 Å². The van der Waals surface area contributed by atoms with Gasteiger partial charge in [0, 0.05) is 26.4 Å². The molecule has 0 spiro atoms. The van der Waals surface area contributed by atoms with Crippen LogP contribution in [0.15, 0.2) is 0 Å². The van der Waals surface area contributed by atoms with Crippen LogP contribution in [0.4, 0.5) is 0 Å². The number of nitrogens with two attached hydrogens (primary N) is 1. The van der Waals surface area contributed by atoms with Crippen molar-refractivity contribution >= 4 is 0 Å². The average Bonchev–Trinajstić information content (AvgIpc) is 2.27. The lowest BCUT2D eigenvalue weighted by molar-refractivity contribution is 0.00754. The molecule has 0 radical (unpaired) electrons. The molecule has 2 N–H and O–H groups in total. The zero-order valence-electron chi connectivity index (χ0n) is 10.3. The first-order valence-electron chi connectivity index (χ1n) is 5.93. The molecule has 1 unspecified atom stereocenters. The van der Waals surface area contributed by atoms with Gasteiger partial charge in [-0.05, 0) is 45.4 Å². The van der Waals surface area contributed by atoms with Crippen molar-refractivity contribution in [3.05, 3.63) is 0 Å². The lowest BCUT2D eigenvalue weighted by Gasteiger charge is -2.30. The van der Waals surface area contributed by atoms with Gasteiger partial charge in [-0.3, -0.25) is 0 Å². The second-order valence-electron chi connectivity index (χ2n) is 5.12. The Bertz CT molecular complexity index is 176. The van der Waals surface area contributed by atoms with E-state index in [1.165, 1.54) is 0 Å². The Morgan fingerprint density at radius 1 is 1.40 bits per heavy atom. The van der Waals surface area contributed by atoms with E-state index in [0.717, 1.165) is 38.9 Å². The van der Waals surface area contributed by atoms with Gasteiger partial charge in [0.15, 0.2) is 0 Å². The number of methoxy groups -OCH3 is 1. The molecule has 1 atom stereocenters. The minimum Gasteiger partial charge on any atom is -0.381 e. The van der Waals surface area contributed by atoms with Crippen LogP contribution < -0.4 is 5.73 Å². The highest BCUT2D eigenvalue weighted by molar-refractivity contribution is 4.79. The van der Waals surface area contributed by atoms with Gasteiger partial charge in [-0.15, -0.1) is 0 Å². The van der Waals surface area contributed by atoms with Crippen LogP contribution in [0.2, 0.25) is 0 Å². The average molecular weight is 215 g/mol. The molecule has 3 heteroatoms. The standard InChI is InChI=1S/C12H25NO2/c1-12(2,14-3)7-4-11(13)10-5-8-15-9-6-10/h10-11H,4-9,13H2,1-3H3. The maximum Gasteiger partial charge on any atom is 0.0623 e. The molecule has 1 heterocycles. The van der Waals surface area contributed by atoms with Gasteiger partial charge in [-0.1, -0.05) is 0 Å². The molecule has 0 amide bonds. The summed E-state index contributed by atoms with van der Waals surface area (Å²) in [4.78, 5) is 0. The fourth-order valence-electron chi connectivity index (χ4n) is 2.00. The van der Waals surface area contributed by atoms with Crippen molar-refractivity contribution in [2.24, 2.45) is 11.7 Å². The Balaban J connectivity index is 2.25. The quantitative estimate of drug-likeness (QED) is 0.762. The summed E-state index contributed by atoms with van der Waals surface area (Å²) in [6.07, 6.45) is 4.32. The van der Waals surface area contributed by atoms with Gasteiger partial charge in [0.05, 0.1) is 5.60 Å². The number of hydrogen-bond donors (Lipinski definition) is 1. The normalized spacial score (nSPS) is 21.6. The van der Waals surface area contributed by atoms with Crippen LogP contribution in [-0.4, -0.2) is 32.0 Å². The fraction of sp³-hybridized carbons (Fsp3) is 1.00. The van der Waals surface area contributed by atoms with E-state index in [0.29, 0.717) is 12.0 Å². The van der Waals surface area contributed by atoms with Crippen molar-refractivity contribution in [2.45, 2.75) is 51.2 Å². The SMILES string of the molecule is COC(C)(C)CCC(N)C1CCOCC1. The molecule has 1 aliphatic rings. The largest absolute Gasteiger partial charge is 0.381 e. The van der Waals surface area contributed by atoms with E-state index in [4.69, 9.17) is 15.2 Å². The van der Waals surface area contributed by atoms with E-state index in [-0.39, 0.29) is 5.60 Å². The molecule has 0 aromatic carbocycles. The lowest BCUT2D eigenvalue weighted by atomic mass is 9.87. The minimum atomic E-state index is -0.0389. The van der Waals surface area contributed by atoms with Crippen molar-refractivity contribution in [3.8, 4) is 0 Å². The molecule has 0 aromatic heterocycles. The van der Waals surface area contributed by atoms with E-state index < -0.39 is 0 Å². The molecule has 90 valence electrons. The van der Waals surface area contributed by atoms with E-state index in [9.17, 15) is 0 Å². The van der Waals surface area contributed by atoms with Crippen molar-refractivity contribution in [1.82, 2.24) is 0 Å². The summed E-state index contributed by atoms with van der Waals surface area (Å²) in [7, 11) is 1.76. The predicted molar refractivity (Wildman–Crippen MR) is 61.8 cm³/mol. The Morgan fingerprint density at radius 3 is 2.53 bits per heavy atom. The molecule has 0 bridgehead atoms. The van der Waals surface area contributed by atoms with Crippen LogP contribution in [-0.2, 0) is 9.47 Å². The summed E-state index contributed by atoms with van der Waals surface area (Å²) in [5.74, 6) is 0.645. The monoisotopic (exact) mass is 215 g/mol. The van der Waals surface area contributed by atoms with Gasteiger partial charge in [-0.2, -0.15) is 0 Å². The highest BCUT2D eigenvalue weighted by Crippen LogP contribution is 2.23. The molecule has 15 heavy (non-hydrogen) atoms. The Morgan fingerprint density at radius 2 is 2.00 bits per heavy atom. The third-order valence-electron chi connectivity index (χ3n) is 3.50. The van der Waals surface area contributed by atoms with Crippen molar-refractivity contribution in [2.75, 3.05) is 20.3 Å². The summed E-state index contributed by atoms with van der Waals surface area (Å²) in [6.45, 7) is 5.99. The first kappa shape index (κ1) is 12.9. The molecule has 3 nitrogen and oxygen atoms in total. The zero-order chi connectivity index (χ0) is 11.3. The van der Waals surface area contributed by atoms with E-state index >= 15 is 0 Å².